The molecule has 0 atom stereocenters. The van der Waals surface area contributed by atoms with Gasteiger partial charge in [0, 0.05) is 23.5 Å². The number of ether oxygens (including phenoxy) is 1. The van der Waals surface area contributed by atoms with E-state index in [1.54, 1.807) is 36.2 Å². The van der Waals surface area contributed by atoms with E-state index in [0.29, 0.717) is 34.6 Å². The summed E-state index contributed by atoms with van der Waals surface area (Å²) in [6, 6.07) is 16.5. The fraction of sp³-hybridized carbons (Fsp3) is 0.136. The van der Waals surface area contributed by atoms with Crippen LogP contribution >= 0.6 is 0 Å². The van der Waals surface area contributed by atoms with Crippen LogP contribution in [0.25, 0.3) is 16.8 Å². The summed E-state index contributed by atoms with van der Waals surface area (Å²) in [4.78, 5) is 13.1. The SMILES string of the molecule is COc1ccc(-c2nn3ccn(Cc4ccc(C#N)cc4)c(=O)c3c2CO)cc1. The molecule has 1 N–H and O–H groups in total. The fourth-order valence-electron chi connectivity index (χ4n) is 3.29. The number of aliphatic hydroxyl groups excluding tert-OH is 1. The Bertz CT molecular complexity index is 1260. The van der Waals surface area contributed by atoms with Gasteiger partial charge in [0.05, 0.1) is 37.6 Å². The van der Waals surface area contributed by atoms with E-state index in [-0.39, 0.29) is 12.2 Å². The molecule has 7 heteroatoms. The van der Waals surface area contributed by atoms with Gasteiger partial charge >= 0.3 is 0 Å². The summed E-state index contributed by atoms with van der Waals surface area (Å²) in [6.45, 7) is 0.0515. The van der Waals surface area contributed by atoms with E-state index < -0.39 is 0 Å². The van der Waals surface area contributed by atoms with Crippen LogP contribution in [0.15, 0.2) is 65.7 Å². The van der Waals surface area contributed by atoms with Gasteiger partial charge in [-0.05, 0) is 42.0 Å². The van der Waals surface area contributed by atoms with Gasteiger partial charge < -0.3 is 14.4 Å². The average Bonchev–Trinajstić information content (AvgIpc) is 3.15. The third-order valence-electron chi connectivity index (χ3n) is 4.82. The van der Waals surface area contributed by atoms with E-state index in [4.69, 9.17) is 10.00 Å². The number of rotatable bonds is 5. The van der Waals surface area contributed by atoms with Crippen LogP contribution in [0, 0.1) is 11.3 Å². The molecule has 0 aliphatic heterocycles. The standard InChI is InChI=1S/C22H18N4O3/c1-29-18-8-6-17(7-9-18)20-19(14-27)21-22(28)25(10-11-26(21)24-20)13-16-4-2-15(12-23)3-5-16/h2-11,27H,13-14H2,1H3. The minimum absolute atomic E-state index is 0.242. The number of hydrogen-bond donors (Lipinski definition) is 1. The van der Waals surface area contributed by atoms with Crippen molar-refractivity contribution in [3.8, 4) is 23.1 Å². The Morgan fingerprint density at radius 2 is 1.83 bits per heavy atom. The molecule has 0 spiro atoms. The minimum atomic E-state index is -0.305. The Labute approximate surface area is 166 Å². The summed E-state index contributed by atoms with van der Waals surface area (Å²) in [5.41, 5.74) is 3.40. The van der Waals surface area contributed by atoms with E-state index in [1.165, 1.54) is 4.52 Å². The molecule has 7 nitrogen and oxygen atoms in total. The molecule has 0 unspecified atom stereocenters. The van der Waals surface area contributed by atoms with Gasteiger partial charge in [-0.3, -0.25) is 4.79 Å². The molecular weight excluding hydrogens is 368 g/mol. The monoisotopic (exact) mass is 386 g/mol. The van der Waals surface area contributed by atoms with Gasteiger partial charge in [0.25, 0.3) is 5.56 Å². The second-order valence-electron chi connectivity index (χ2n) is 6.55. The minimum Gasteiger partial charge on any atom is -0.497 e. The molecule has 2 aromatic heterocycles. The first-order valence-electron chi connectivity index (χ1n) is 8.99. The van der Waals surface area contributed by atoms with Crippen LogP contribution in [0.2, 0.25) is 0 Å². The van der Waals surface area contributed by atoms with Crippen LogP contribution in [0.5, 0.6) is 5.75 Å². The molecular formula is C22H18N4O3. The van der Waals surface area contributed by atoms with Crippen molar-refractivity contribution in [2.45, 2.75) is 13.2 Å². The third kappa shape index (κ3) is 3.37. The van der Waals surface area contributed by atoms with Crippen LogP contribution in [0.1, 0.15) is 16.7 Å². The summed E-state index contributed by atoms with van der Waals surface area (Å²) < 4.78 is 8.25. The maximum Gasteiger partial charge on any atom is 0.277 e. The molecule has 0 saturated heterocycles. The fourth-order valence-corrected chi connectivity index (χ4v) is 3.29. The van der Waals surface area contributed by atoms with Crippen molar-refractivity contribution in [3.05, 3.63) is 88.0 Å². The lowest BCUT2D eigenvalue weighted by Crippen LogP contribution is -2.22. The van der Waals surface area contributed by atoms with Gasteiger partial charge in [-0.2, -0.15) is 10.4 Å². The van der Waals surface area contributed by atoms with Crippen LogP contribution in [0.4, 0.5) is 0 Å². The van der Waals surface area contributed by atoms with Gasteiger partial charge in [-0.15, -0.1) is 0 Å². The number of methoxy groups -OCH3 is 1. The molecule has 0 aliphatic carbocycles. The molecule has 4 rings (SSSR count). The first kappa shape index (κ1) is 18.5. The predicted octanol–water partition coefficient (Wildman–Crippen LogP) is 2.58. The first-order valence-corrected chi connectivity index (χ1v) is 8.99. The molecule has 0 fully saturated rings. The van der Waals surface area contributed by atoms with Crippen molar-refractivity contribution in [1.82, 2.24) is 14.2 Å². The lowest BCUT2D eigenvalue weighted by Gasteiger charge is -2.07. The molecule has 4 aromatic rings. The number of hydrogen-bond acceptors (Lipinski definition) is 5. The van der Waals surface area contributed by atoms with Crippen LogP contribution in [-0.4, -0.2) is 26.4 Å². The predicted molar refractivity (Wildman–Crippen MR) is 108 cm³/mol. The first-order chi connectivity index (χ1) is 14.1. The average molecular weight is 386 g/mol. The number of fused-ring (bicyclic) bond motifs is 1. The third-order valence-corrected chi connectivity index (χ3v) is 4.82. The highest BCUT2D eigenvalue weighted by Crippen LogP contribution is 2.26. The van der Waals surface area contributed by atoms with Gasteiger partial charge in [0.1, 0.15) is 11.3 Å². The quantitative estimate of drug-likeness (QED) is 0.569. The molecule has 29 heavy (non-hydrogen) atoms. The van der Waals surface area contributed by atoms with Crippen molar-refractivity contribution < 1.29 is 9.84 Å². The summed E-state index contributed by atoms with van der Waals surface area (Å²) in [7, 11) is 1.59. The molecule has 2 heterocycles. The lowest BCUT2D eigenvalue weighted by atomic mass is 10.1. The van der Waals surface area contributed by atoms with E-state index in [0.717, 1.165) is 11.1 Å². The molecule has 0 bridgehead atoms. The number of nitrogens with zero attached hydrogens (tertiary/aromatic N) is 4. The molecule has 0 radical (unpaired) electrons. The smallest absolute Gasteiger partial charge is 0.277 e. The van der Waals surface area contributed by atoms with Crippen molar-refractivity contribution in [3.63, 3.8) is 0 Å². The summed E-state index contributed by atoms with van der Waals surface area (Å²) >= 11 is 0. The highest BCUT2D eigenvalue weighted by atomic mass is 16.5. The maximum absolute atomic E-state index is 13.1. The Balaban J connectivity index is 1.78. The van der Waals surface area contributed by atoms with E-state index >= 15 is 0 Å². The molecule has 0 amide bonds. The zero-order chi connectivity index (χ0) is 20.4. The van der Waals surface area contributed by atoms with E-state index in [9.17, 15) is 9.90 Å². The van der Waals surface area contributed by atoms with Crippen LogP contribution in [-0.2, 0) is 13.2 Å². The van der Waals surface area contributed by atoms with E-state index in [1.807, 2.05) is 36.4 Å². The van der Waals surface area contributed by atoms with E-state index in [2.05, 4.69) is 11.2 Å². The zero-order valence-electron chi connectivity index (χ0n) is 15.7. The summed E-state index contributed by atoms with van der Waals surface area (Å²) in [6.07, 6.45) is 3.37. The van der Waals surface area contributed by atoms with Crippen LogP contribution in [0.3, 0.4) is 0 Å². The largest absolute Gasteiger partial charge is 0.497 e. The van der Waals surface area contributed by atoms with Gasteiger partial charge in [-0.25, -0.2) is 4.52 Å². The van der Waals surface area contributed by atoms with Crippen molar-refractivity contribution in [1.29, 1.82) is 5.26 Å². The highest BCUT2D eigenvalue weighted by molar-refractivity contribution is 5.72. The summed E-state index contributed by atoms with van der Waals surface area (Å²) in [5.74, 6) is 0.716. The Morgan fingerprint density at radius 1 is 1.10 bits per heavy atom. The second kappa shape index (κ2) is 7.62. The number of aliphatic hydroxyl groups is 1. The Hall–Kier alpha value is -3.89. The maximum atomic E-state index is 13.1. The zero-order valence-corrected chi connectivity index (χ0v) is 15.7. The lowest BCUT2D eigenvalue weighted by molar-refractivity contribution is 0.283. The van der Waals surface area contributed by atoms with Crippen molar-refractivity contribution in [2.75, 3.05) is 7.11 Å². The second-order valence-corrected chi connectivity index (χ2v) is 6.55. The topological polar surface area (TPSA) is 92.5 Å². The number of aromatic nitrogens is 3. The van der Waals surface area contributed by atoms with Gasteiger partial charge in [0.15, 0.2) is 0 Å². The molecule has 0 aliphatic rings. The van der Waals surface area contributed by atoms with Gasteiger partial charge in [-0.1, -0.05) is 12.1 Å². The van der Waals surface area contributed by atoms with Gasteiger partial charge in [0.2, 0.25) is 0 Å². The Kier molecular flexibility index (Phi) is 4.85. The van der Waals surface area contributed by atoms with Crippen molar-refractivity contribution >= 4 is 5.52 Å². The number of nitriles is 1. The molecule has 144 valence electrons. The Morgan fingerprint density at radius 3 is 2.45 bits per heavy atom. The van der Waals surface area contributed by atoms with Crippen molar-refractivity contribution in [2.24, 2.45) is 0 Å². The highest BCUT2D eigenvalue weighted by Gasteiger charge is 2.18. The normalized spacial score (nSPS) is 10.8. The number of benzene rings is 2. The summed E-state index contributed by atoms with van der Waals surface area (Å²) in [5, 5.41) is 23.4. The molecule has 2 aromatic carbocycles. The van der Waals surface area contributed by atoms with Crippen LogP contribution < -0.4 is 10.3 Å². The molecule has 0 saturated carbocycles.